The molecule has 15 heavy (non-hydrogen) atoms. The van der Waals surface area contributed by atoms with Gasteiger partial charge in [-0.15, -0.1) is 0 Å². The van der Waals surface area contributed by atoms with Gasteiger partial charge in [0.25, 0.3) is 5.89 Å². The van der Waals surface area contributed by atoms with Crippen molar-refractivity contribution < 1.29 is 8.94 Å². The van der Waals surface area contributed by atoms with Crippen molar-refractivity contribution in [3.8, 4) is 11.5 Å². The number of furan rings is 1. The Morgan fingerprint density at radius 2 is 2.40 bits per heavy atom. The van der Waals surface area contributed by atoms with Crippen molar-refractivity contribution in [2.75, 3.05) is 0 Å². The molecule has 1 atom stereocenters. The lowest BCUT2D eigenvalue weighted by Crippen LogP contribution is -2.11. The van der Waals surface area contributed by atoms with Gasteiger partial charge in [-0.2, -0.15) is 4.98 Å². The Labute approximate surface area is 87.3 Å². The zero-order chi connectivity index (χ0) is 10.7. The van der Waals surface area contributed by atoms with E-state index in [0.717, 1.165) is 18.4 Å². The van der Waals surface area contributed by atoms with Gasteiger partial charge in [-0.3, -0.25) is 0 Å². The SMILES string of the molecule is CCCC(N)c1noc(-c2ccoc2)n1. The standard InChI is InChI=1S/C10H13N3O2/c1-2-3-8(11)9-12-10(15-13-9)7-4-5-14-6-7/h4-6,8H,2-3,11H2,1H3. The van der Waals surface area contributed by atoms with Gasteiger partial charge in [-0.05, 0) is 12.5 Å². The summed E-state index contributed by atoms with van der Waals surface area (Å²) in [6, 6.07) is 1.61. The molecular weight excluding hydrogens is 194 g/mol. The maximum Gasteiger partial charge on any atom is 0.261 e. The highest BCUT2D eigenvalue weighted by Gasteiger charge is 2.14. The van der Waals surface area contributed by atoms with Gasteiger partial charge in [0.2, 0.25) is 0 Å². The van der Waals surface area contributed by atoms with Gasteiger partial charge in [0.15, 0.2) is 5.82 Å². The zero-order valence-corrected chi connectivity index (χ0v) is 8.51. The van der Waals surface area contributed by atoms with Gasteiger partial charge in [-0.1, -0.05) is 18.5 Å². The van der Waals surface area contributed by atoms with Crippen LogP contribution in [0.1, 0.15) is 31.6 Å². The van der Waals surface area contributed by atoms with Gasteiger partial charge < -0.3 is 14.7 Å². The first kappa shape index (κ1) is 9.92. The second-order valence-corrected chi connectivity index (χ2v) is 3.36. The number of hydrogen-bond acceptors (Lipinski definition) is 5. The molecule has 80 valence electrons. The quantitative estimate of drug-likeness (QED) is 0.830. The third kappa shape index (κ3) is 2.07. The van der Waals surface area contributed by atoms with Crippen LogP contribution in [0, 0.1) is 0 Å². The molecule has 2 rings (SSSR count). The van der Waals surface area contributed by atoms with Crippen LogP contribution >= 0.6 is 0 Å². The normalized spacial score (nSPS) is 12.9. The van der Waals surface area contributed by atoms with E-state index >= 15 is 0 Å². The minimum Gasteiger partial charge on any atom is -0.472 e. The summed E-state index contributed by atoms with van der Waals surface area (Å²) in [5.74, 6) is 0.998. The monoisotopic (exact) mass is 207 g/mol. The smallest absolute Gasteiger partial charge is 0.261 e. The summed E-state index contributed by atoms with van der Waals surface area (Å²) < 4.78 is 10.0. The summed E-state index contributed by atoms with van der Waals surface area (Å²) in [6.45, 7) is 2.07. The molecule has 0 amide bonds. The molecule has 0 saturated heterocycles. The average Bonchev–Trinajstić information content (AvgIpc) is 2.89. The molecule has 0 aliphatic rings. The second kappa shape index (κ2) is 4.27. The van der Waals surface area contributed by atoms with Crippen molar-refractivity contribution in [2.24, 2.45) is 5.73 Å². The van der Waals surface area contributed by atoms with Crippen molar-refractivity contribution >= 4 is 0 Å². The van der Waals surface area contributed by atoms with E-state index in [1.54, 1.807) is 18.6 Å². The number of nitrogens with two attached hydrogens (primary N) is 1. The van der Waals surface area contributed by atoms with Crippen LogP contribution in [0.2, 0.25) is 0 Å². The summed E-state index contributed by atoms with van der Waals surface area (Å²) in [5, 5.41) is 3.84. The first-order valence-corrected chi connectivity index (χ1v) is 4.93. The minimum absolute atomic E-state index is 0.153. The van der Waals surface area contributed by atoms with E-state index in [9.17, 15) is 0 Å². The molecule has 0 fully saturated rings. The summed E-state index contributed by atoms with van der Waals surface area (Å²) in [4.78, 5) is 4.21. The molecular formula is C10H13N3O2. The molecule has 2 aromatic rings. The van der Waals surface area contributed by atoms with E-state index in [2.05, 4.69) is 17.1 Å². The highest BCUT2D eigenvalue weighted by molar-refractivity contribution is 5.49. The first-order chi connectivity index (χ1) is 7.31. The molecule has 2 N–H and O–H groups in total. The molecule has 0 aliphatic heterocycles. The fraction of sp³-hybridized carbons (Fsp3) is 0.400. The van der Waals surface area contributed by atoms with Crippen molar-refractivity contribution in [2.45, 2.75) is 25.8 Å². The lowest BCUT2D eigenvalue weighted by Gasteiger charge is -2.02. The minimum atomic E-state index is -0.153. The Morgan fingerprint density at radius 1 is 1.53 bits per heavy atom. The fourth-order valence-electron chi connectivity index (χ4n) is 1.33. The molecule has 0 radical (unpaired) electrons. The van der Waals surface area contributed by atoms with E-state index < -0.39 is 0 Å². The van der Waals surface area contributed by atoms with Crippen LogP contribution in [-0.2, 0) is 0 Å². The molecule has 0 aromatic carbocycles. The topological polar surface area (TPSA) is 78.1 Å². The first-order valence-electron chi connectivity index (χ1n) is 4.93. The molecule has 2 aromatic heterocycles. The van der Waals surface area contributed by atoms with Crippen LogP contribution in [-0.4, -0.2) is 10.1 Å². The Hall–Kier alpha value is -1.62. The molecule has 0 bridgehead atoms. The Bertz CT molecular complexity index is 408. The largest absolute Gasteiger partial charge is 0.472 e. The third-order valence-corrected chi connectivity index (χ3v) is 2.14. The van der Waals surface area contributed by atoms with Gasteiger partial charge in [-0.25, -0.2) is 0 Å². The highest BCUT2D eigenvalue weighted by Crippen LogP contribution is 2.20. The summed E-state index contributed by atoms with van der Waals surface area (Å²) in [5.41, 5.74) is 6.64. The number of aromatic nitrogens is 2. The Balaban J connectivity index is 2.17. The van der Waals surface area contributed by atoms with Crippen LogP contribution < -0.4 is 5.73 Å². The van der Waals surface area contributed by atoms with Crippen molar-refractivity contribution in [1.82, 2.24) is 10.1 Å². The predicted octanol–water partition coefficient (Wildman–Crippen LogP) is 2.13. The molecule has 1 unspecified atom stereocenters. The van der Waals surface area contributed by atoms with E-state index in [-0.39, 0.29) is 6.04 Å². The van der Waals surface area contributed by atoms with Crippen LogP contribution in [0.3, 0.4) is 0 Å². The maximum atomic E-state index is 5.86. The molecule has 5 heteroatoms. The van der Waals surface area contributed by atoms with Gasteiger partial charge in [0, 0.05) is 0 Å². The van der Waals surface area contributed by atoms with Crippen molar-refractivity contribution in [3.05, 3.63) is 24.4 Å². The average molecular weight is 207 g/mol. The highest BCUT2D eigenvalue weighted by atomic mass is 16.5. The Kier molecular flexibility index (Phi) is 2.82. The molecule has 0 spiro atoms. The molecule has 0 aliphatic carbocycles. The van der Waals surface area contributed by atoms with Crippen molar-refractivity contribution in [1.29, 1.82) is 0 Å². The fourth-order valence-corrected chi connectivity index (χ4v) is 1.33. The summed E-state index contributed by atoms with van der Waals surface area (Å²) in [7, 11) is 0. The summed E-state index contributed by atoms with van der Waals surface area (Å²) in [6.07, 6.45) is 4.97. The zero-order valence-electron chi connectivity index (χ0n) is 8.51. The molecule has 0 saturated carbocycles. The van der Waals surface area contributed by atoms with E-state index in [1.807, 2.05) is 0 Å². The van der Waals surface area contributed by atoms with Gasteiger partial charge in [0.1, 0.15) is 6.26 Å². The second-order valence-electron chi connectivity index (χ2n) is 3.36. The lowest BCUT2D eigenvalue weighted by atomic mass is 10.2. The molecule has 2 heterocycles. The number of nitrogens with zero attached hydrogens (tertiary/aromatic N) is 2. The van der Waals surface area contributed by atoms with E-state index in [0.29, 0.717) is 11.7 Å². The number of rotatable bonds is 4. The third-order valence-electron chi connectivity index (χ3n) is 2.14. The Morgan fingerprint density at radius 3 is 3.07 bits per heavy atom. The van der Waals surface area contributed by atoms with Crippen LogP contribution in [0.4, 0.5) is 0 Å². The molecule has 5 nitrogen and oxygen atoms in total. The van der Waals surface area contributed by atoms with Crippen LogP contribution in [0.25, 0.3) is 11.5 Å². The van der Waals surface area contributed by atoms with Crippen LogP contribution in [0.5, 0.6) is 0 Å². The predicted molar refractivity (Wildman–Crippen MR) is 53.8 cm³/mol. The van der Waals surface area contributed by atoms with E-state index in [1.165, 1.54) is 0 Å². The number of hydrogen-bond donors (Lipinski definition) is 1. The van der Waals surface area contributed by atoms with E-state index in [4.69, 9.17) is 14.7 Å². The summed E-state index contributed by atoms with van der Waals surface area (Å²) >= 11 is 0. The van der Waals surface area contributed by atoms with Gasteiger partial charge >= 0.3 is 0 Å². The lowest BCUT2D eigenvalue weighted by molar-refractivity contribution is 0.413. The maximum absolute atomic E-state index is 5.86. The van der Waals surface area contributed by atoms with Crippen LogP contribution in [0.15, 0.2) is 27.5 Å². The van der Waals surface area contributed by atoms with Crippen molar-refractivity contribution in [3.63, 3.8) is 0 Å². The van der Waals surface area contributed by atoms with Gasteiger partial charge in [0.05, 0.1) is 17.9 Å².